The van der Waals surface area contributed by atoms with E-state index in [0.717, 1.165) is 40.8 Å². The number of aryl methyl sites for hydroxylation is 5. The van der Waals surface area contributed by atoms with Gasteiger partial charge in [0.25, 0.3) is 5.91 Å². The van der Waals surface area contributed by atoms with Crippen LogP contribution in [0.15, 0.2) is 76.1 Å². The third kappa shape index (κ3) is 13.8. The first-order valence-corrected chi connectivity index (χ1v) is 24.1. The van der Waals surface area contributed by atoms with E-state index in [1.165, 1.54) is 41.8 Å². The number of carbonyl (C=O) groups is 3. The Balaban J connectivity index is 0.000000194. The fourth-order valence-corrected chi connectivity index (χ4v) is 8.26. The molecule has 1 fully saturated rings. The first kappa shape index (κ1) is 54.2. The number of benzene rings is 2. The van der Waals surface area contributed by atoms with E-state index in [4.69, 9.17) is 19.5 Å². The van der Waals surface area contributed by atoms with Crippen molar-refractivity contribution >= 4 is 90.1 Å². The normalized spacial score (nSPS) is 13.4. The van der Waals surface area contributed by atoms with E-state index in [2.05, 4.69) is 100 Å². The predicted octanol–water partition coefficient (Wildman–Crippen LogP) is 10.6. The highest BCUT2D eigenvalue weighted by Gasteiger charge is 2.52. The number of thiazole rings is 2. The van der Waals surface area contributed by atoms with E-state index in [9.17, 15) is 23.2 Å². The number of hydrogen-bond acceptors (Lipinski definition) is 14. The molecule has 0 spiro atoms. The van der Waals surface area contributed by atoms with Crippen molar-refractivity contribution in [3.8, 4) is 22.0 Å². The van der Waals surface area contributed by atoms with E-state index in [0.29, 0.717) is 21.6 Å². The highest BCUT2D eigenvalue weighted by Crippen LogP contribution is 2.37. The van der Waals surface area contributed by atoms with Gasteiger partial charge in [-0.05, 0) is 151 Å². The molecule has 2 aromatic carbocycles. The number of tetrazole rings is 1. The Labute approximate surface area is 422 Å². The summed E-state index contributed by atoms with van der Waals surface area (Å²) in [5.74, 6) is -3.40. The van der Waals surface area contributed by atoms with Crippen molar-refractivity contribution < 1.29 is 42.7 Å². The molecule has 0 radical (unpaired) electrons. The molecule has 1 amide bonds. The number of pyridine rings is 2. The summed E-state index contributed by atoms with van der Waals surface area (Å²) in [7, 11) is -0.263. The molecule has 7 aromatic rings. The second kappa shape index (κ2) is 22.8. The Hall–Kier alpha value is -5.72. The summed E-state index contributed by atoms with van der Waals surface area (Å²) in [4.78, 5) is 51.1. The molecule has 1 saturated heterocycles. The van der Waals surface area contributed by atoms with Gasteiger partial charge in [-0.2, -0.15) is 0 Å². The Morgan fingerprint density at radius 2 is 1.38 bits per heavy atom. The zero-order valence-corrected chi connectivity index (χ0v) is 44.2. The summed E-state index contributed by atoms with van der Waals surface area (Å²) in [6.07, 6.45) is 5.08. The summed E-state index contributed by atoms with van der Waals surface area (Å²) in [6, 6.07) is 12.0. The number of carboxylic acid groups (broad SMARTS) is 2. The molecule has 0 bridgehead atoms. The molecule has 69 heavy (non-hydrogen) atoms. The van der Waals surface area contributed by atoms with Gasteiger partial charge in [-0.15, -0.1) is 27.8 Å². The molecule has 0 aliphatic carbocycles. The lowest BCUT2D eigenvalue weighted by molar-refractivity contribution is 0.00578. The third-order valence-corrected chi connectivity index (χ3v) is 14.1. The number of nitrogens with one attached hydrogen (secondary N) is 1. The zero-order valence-electron chi connectivity index (χ0n) is 39.3. The van der Waals surface area contributed by atoms with Gasteiger partial charge in [-0.1, -0.05) is 37.9 Å². The molecule has 16 nitrogen and oxygen atoms in total. The number of hydrogen-bond donors (Lipinski definition) is 3. The minimum absolute atomic E-state index is 0.0421. The molecule has 8 rings (SSSR count). The fourth-order valence-electron chi connectivity index (χ4n) is 5.99. The number of carboxylic acids is 2. The first-order valence-electron chi connectivity index (χ1n) is 20.9. The van der Waals surface area contributed by atoms with E-state index in [1.807, 2.05) is 40.8 Å². The van der Waals surface area contributed by atoms with E-state index < -0.39 is 29.5 Å². The molecule has 23 heteroatoms. The minimum Gasteiger partial charge on any atom is -0.478 e. The highest BCUT2D eigenvalue weighted by molar-refractivity contribution is 9.10. The maximum absolute atomic E-state index is 14.6. The fraction of sp³-hybridized carbons (Fsp3) is 0.304. The number of amides is 1. The Kier molecular flexibility index (Phi) is 17.9. The highest BCUT2D eigenvalue weighted by atomic mass is 79.9. The average molecular weight is 1110 g/mol. The topological polar surface area (TPSA) is 217 Å². The smallest absolute Gasteiger partial charge is 0.478 e. The summed E-state index contributed by atoms with van der Waals surface area (Å²) in [5.41, 5.74) is 2.76. The lowest BCUT2D eigenvalue weighted by atomic mass is 9.89. The van der Waals surface area contributed by atoms with E-state index in [-0.39, 0.29) is 47.0 Å². The lowest BCUT2D eigenvalue weighted by Crippen LogP contribution is -2.41. The number of nitrogens with zero attached hydrogens (tertiary/aromatic N) is 8. The van der Waals surface area contributed by atoms with Crippen LogP contribution in [0.5, 0.6) is 0 Å². The number of halogens is 4. The van der Waals surface area contributed by atoms with Crippen LogP contribution >= 0.6 is 54.5 Å². The number of aromatic nitrogens is 8. The number of anilines is 1. The van der Waals surface area contributed by atoms with E-state index in [1.54, 1.807) is 60.3 Å². The molecule has 0 saturated carbocycles. The van der Waals surface area contributed by atoms with Gasteiger partial charge in [0, 0.05) is 27.5 Å². The van der Waals surface area contributed by atoms with Crippen molar-refractivity contribution in [1.29, 1.82) is 0 Å². The predicted molar refractivity (Wildman–Crippen MR) is 268 cm³/mol. The Morgan fingerprint density at radius 1 is 0.768 bits per heavy atom. The van der Waals surface area contributed by atoms with Gasteiger partial charge in [0.15, 0.2) is 0 Å². The molecular weight excluding hydrogens is 1060 g/mol. The summed E-state index contributed by atoms with van der Waals surface area (Å²) in [5, 5.41) is 33.3. The monoisotopic (exact) mass is 1110 g/mol. The van der Waals surface area contributed by atoms with Crippen LogP contribution in [0.25, 0.3) is 22.0 Å². The van der Waals surface area contributed by atoms with Gasteiger partial charge >= 0.3 is 19.1 Å². The number of carbonyl (C=O) groups excluding carboxylic acids is 1. The summed E-state index contributed by atoms with van der Waals surface area (Å²) < 4.78 is 43.4. The van der Waals surface area contributed by atoms with Crippen LogP contribution in [0.3, 0.4) is 0 Å². The van der Waals surface area contributed by atoms with Crippen molar-refractivity contribution in [2.45, 2.75) is 93.4 Å². The molecular formula is C46H48BBr2F2N9O7S2. The lowest BCUT2D eigenvalue weighted by Gasteiger charge is -2.32. The Bertz CT molecular complexity index is 2990. The van der Waals surface area contributed by atoms with E-state index >= 15 is 0 Å². The standard InChI is InChI=1S/C21H20FN7OS.C10H16BNO2S.C8H6BrFO2.C7H6BrNO2/c1-11(2)29-20(26-27-28-29)17-6-5-7-19(24-17)25-21(30)15-9-14(12(3)8-16(15)22)18-10-23-13(4)31-18;1-7-12-6-8(15-7)11-13-9(2,3)10(4,5)14-11;1-4-2-7(10)5(8(11)12)3-6(4)9;1-4-3-9-6(7(10)11)2-5(4)8/h5-11H,1-4H3,(H,24,25,30);6H,1-5H3;2-3H,1H3,(H,11,12);2-3H,1H3,(H,10,11). The molecule has 3 N–H and O–H groups in total. The molecule has 1 aliphatic heterocycles. The van der Waals surface area contributed by atoms with Crippen molar-refractivity contribution in [2.24, 2.45) is 0 Å². The molecule has 1 aliphatic rings. The SMILES string of the molecule is Cc1cc(F)c(C(=O)O)cc1Br.Cc1cnc(C(=O)O)cc1Br.Cc1ncc(-c2cc(C(=O)Nc3cccc(-c4nnnn4C(C)C)n3)c(F)cc2C)s1.Cc1ncc(B2OC(C)(C)C(C)(C)O2)s1. The minimum atomic E-state index is -1.26. The number of aromatic carboxylic acids is 2. The van der Waals surface area contributed by atoms with Crippen molar-refractivity contribution in [2.75, 3.05) is 5.32 Å². The van der Waals surface area contributed by atoms with Crippen molar-refractivity contribution in [1.82, 2.24) is 40.1 Å². The van der Waals surface area contributed by atoms with Gasteiger partial charge in [0.1, 0.15) is 28.8 Å². The quantitative estimate of drug-likeness (QED) is 0.121. The summed E-state index contributed by atoms with van der Waals surface area (Å²) in [6.45, 7) is 21.4. The van der Waals surface area contributed by atoms with Crippen LogP contribution in [-0.4, -0.2) is 86.5 Å². The molecule has 0 atom stereocenters. The first-order chi connectivity index (χ1) is 32.3. The van der Waals surface area contributed by atoms with Gasteiger partial charge in [0.05, 0.1) is 48.0 Å². The van der Waals surface area contributed by atoms with Crippen molar-refractivity contribution in [3.63, 3.8) is 0 Å². The zero-order chi connectivity index (χ0) is 51.1. The van der Waals surface area contributed by atoms with Gasteiger partial charge in [-0.3, -0.25) is 9.78 Å². The largest absolute Gasteiger partial charge is 0.507 e. The number of rotatable bonds is 8. The average Bonchev–Trinajstić information content (AvgIpc) is 4.08. The van der Waals surface area contributed by atoms with Crippen LogP contribution in [0.1, 0.15) is 105 Å². The van der Waals surface area contributed by atoms with Crippen molar-refractivity contribution in [3.05, 3.63) is 131 Å². The van der Waals surface area contributed by atoms with Crippen LogP contribution in [0.4, 0.5) is 14.6 Å². The van der Waals surface area contributed by atoms with Gasteiger partial charge < -0.3 is 24.8 Å². The van der Waals surface area contributed by atoms with Crippen LogP contribution in [0.2, 0.25) is 0 Å². The second-order valence-corrected chi connectivity index (χ2v) is 20.9. The summed E-state index contributed by atoms with van der Waals surface area (Å²) >= 11 is 9.45. The molecule has 5 aromatic heterocycles. The molecule has 0 unspecified atom stereocenters. The maximum Gasteiger partial charge on any atom is 0.507 e. The van der Waals surface area contributed by atoms with Gasteiger partial charge in [0.2, 0.25) is 5.82 Å². The Morgan fingerprint density at radius 3 is 1.94 bits per heavy atom. The van der Waals surface area contributed by atoms with Crippen LogP contribution in [0, 0.1) is 46.3 Å². The molecule has 362 valence electrons. The van der Waals surface area contributed by atoms with Crippen LogP contribution < -0.4 is 10.1 Å². The van der Waals surface area contributed by atoms with Crippen LogP contribution in [-0.2, 0) is 9.31 Å². The maximum atomic E-state index is 14.6. The van der Waals surface area contributed by atoms with Gasteiger partial charge in [-0.25, -0.2) is 38.0 Å². The second-order valence-electron chi connectivity index (χ2n) is 16.7. The molecule has 6 heterocycles. The third-order valence-electron chi connectivity index (χ3n) is 10.5.